The van der Waals surface area contributed by atoms with Gasteiger partial charge in [-0.2, -0.15) is 0 Å². The summed E-state index contributed by atoms with van der Waals surface area (Å²) >= 11 is 0. The molecule has 5 nitrogen and oxygen atoms in total. The first-order valence-corrected chi connectivity index (χ1v) is 9.00. The number of hydrogen-bond donors (Lipinski definition) is 2. The average molecular weight is 387 g/mol. The number of anilines is 1. The van der Waals surface area contributed by atoms with Crippen LogP contribution in [0.2, 0.25) is 0 Å². The second-order valence-corrected chi connectivity index (χ2v) is 8.43. The molecule has 150 valence electrons. The van der Waals surface area contributed by atoms with Gasteiger partial charge in [0.25, 0.3) is 0 Å². The van der Waals surface area contributed by atoms with Gasteiger partial charge >= 0.3 is 5.97 Å². The van der Waals surface area contributed by atoms with Crippen LogP contribution in [0.3, 0.4) is 0 Å². The number of halogens is 1. The highest BCUT2D eigenvalue weighted by Gasteiger charge is 2.27. The molecule has 0 atom stereocenters. The summed E-state index contributed by atoms with van der Waals surface area (Å²) in [6.45, 7) is 8.54. The van der Waals surface area contributed by atoms with Gasteiger partial charge in [0.15, 0.2) is 11.6 Å². The molecule has 0 saturated carbocycles. The van der Waals surface area contributed by atoms with Crippen molar-refractivity contribution < 1.29 is 23.8 Å². The molecule has 28 heavy (non-hydrogen) atoms. The molecule has 2 N–H and O–H groups in total. The summed E-state index contributed by atoms with van der Waals surface area (Å²) in [5.41, 5.74) is -0.730. The Kier molecular flexibility index (Phi) is 6.12. The maximum absolute atomic E-state index is 14.3. The molecule has 0 heterocycles. The standard InChI is InChI=1S/C22H26FNO4/c1-21(2,3)19(25)24-18-16(23)7-6-8-17(18)28-15-11-9-14(10-12-15)13-22(4,5)20(26)27/h6-12H,13H2,1-5H3,(H,24,25)(H,26,27). The van der Waals surface area contributed by atoms with Crippen LogP contribution in [0.5, 0.6) is 11.5 Å². The van der Waals surface area contributed by atoms with Gasteiger partial charge in [-0.3, -0.25) is 9.59 Å². The monoisotopic (exact) mass is 387 g/mol. The minimum Gasteiger partial charge on any atom is -0.481 e. The zero-order valence-corrected chi connectivity index (χ0v) is 16.8. The normalized spacial score (nSPS) is 11.8. The first kappa shape index (κ1) is 21.4. The van der Waals surface area contributed by atoms with E-state index < -0.39 is 22.6 Å². The predicted molar refractivity (Wildman–Crippen MR) is 106 cm³/mol. The number of nitrogens with one attached hydrogen (secondary N) is 1. The van der Waals surface area contributed by atoms with E-state index in [1.807, 2.05) is 0 Å². The molecule has 2 aromatic carbocycles. The smallest absolute Gasteiger partial charge is 0.309 e. The summed E-state index contributed by atoms with van der Waals surface area (Å²) in [6, 6.07) is 11.2. The van der Waals surface area contributed by atoms with E-state index in [0.717, 1.165) is 5.56 Å². The van der Waals surface area contributed by atoms with Gasteiger partial charge in [0.05, 0.1) is 5.41 Å². The van der Waals surface area contributed by atoms with Crippen LogP contribution in [-0.4, -0.2) is 17.0 Å². The SMILES string of the molecule is CC(C)(C)C(=O)Nc1c(F)cccc1Oc1ccc(CC(C)(C)C(=O)O)cc1. The van der Waals surface area contributed by atoms with Crippen molar-refractivity contribution in [2.45, 2.75) is 41.0 Å². The van der Waals surface area contributed by atoms with E-state index >= 15 is 0 Å². The molecule has 2 rings (SSSR count). The highest BCUT2D eigenvalue weighted by Crippen LogP contribution is 2.33. The second kappa shape index (κ2) is 8.00. The first-order chi connectivity index (χ1) is 12.9. The molecule has 0 saturated heterocycles. The molecule has 1 amide bonds. The van der Waals surface area contributed by atoms with E-state index in [2.05, 4.69) is 5.32 Å². The molecular formula is C22H26FNO4. The van der Waals surface area contributed by atoms with Gasteiger partial charge in [0, 0.05) is 5.41 Å². The number of ether oxygens (including phenoxy) is 1. The molecule has 0 fully saturated rings. The van der Waals surface area contributed by atoms with Crippen molar-refractivity contribution in [3.63, 3.8) is 0 Å². The van der Waals surface area contributed by atoms with Crippen molar-refractivity contribution >= 4 is 17.6 Å². The number of para-hydroxylation sites is 1. The van der Waals surface area contributed by atoms with Crippen molar-refractivity contribution in [3.8, 4) is 11.5 Å². The summed E-state index contributed by atoms with van der Waals surface area (Å²) < 4.78 is 20.0. The van der Waals surface area contributed by atoms with Crippen LogP contribution < -0.4 is 10.1 Å². The van der Waals surface area contributed by atoms with Gasteiger partial charge < -0.3 is 15.2 Å². The van der Waals surface area contributed by atoms with Crippen molar-refractivity contribution in [3.05, 3.63) is 53.8 Å². The molecule has 0 aliphatic rings. The minimum absolute atomic E-state index is 0.0153. The maximum Gasteiger partial charge on any atom is 0.309 e. The fraction of sp³-hybridized carbons (Fsp3) is 0.364. The third kappa shape index (κ3) is 5.31. The van der Waals surface area contributed by atoms with Gasteiger partial charge in [-0.15, -0.1) is 0 Å². The third-order valence-electron chi connectivity index (χ3n) is 4.27. The number of aliphatic carboxylic acids is 1. The Morgan fingerprint density at radius 3 is 2.18 bits per heavy atom. The molecule has 0 radical (unpaired) electrons. The molecule has 0 spiro atoms. The van der Waals surface area contributed by atoms with E-state index in [0.29, 0.717) is 12.2 Å². The molecule has 0 aliphatic carbocycles. The number of carbonyl (C=O) groups is 2. The van der Waals surface area contributed by atoms with Crippen molar-refractivity contribution in [2.75, 3.05) is 5.32 Å². The number of carboxylic acids is 1. The number of amides is 1. The van der Waals surface area contributed by atoms with E-state index in [1.54, 1.807) is 65.0 Å². The average Bonchev–Trinajstić information content (AvgIpc) is 2.58. The summed E-state index contributed by atoms with van der Waals surface area (Å²) in [4.78, 5) is 23.5. The number of rotatable bonds is 6. The molecule has 0 bridgehead atoms. The topological polar surface area (TPSA) is 75.6 Å². The number of hydrogen-bond acceptors (Lipinski definition) is 3. The number of benzene rings is 2. The summed E-state index contributed by atoms with van der Waals surface area (Å²) in [7, 11) is 0. The largest absolute Gasteiger partial charge is 0.481 e. The zero-order valence-electron chi connectivity index (χ0n) is 16.8. The van der Waals surface area contributed by atoms with Crippen LogP contribution in [0.1, 0.15) is 40.2 Å². The fourth-order valence-corrected chi connectivity index (χ4v) is 2.40. The third-order valence-corrected chi connectivity index (χ3v) is 4.27. The fourth-order valence-electron chi connectivity index (χ4n) is 2.40. The molecular weight excluding hydrogens is 361 g/mol. The Morgan fingerprint density at radius 2 is 1.64 bits per heavy atom. The molecule has 2 aromatic rings. The molecule has 6 heteroatoms. The van der Waals surface area contributed by atoms with Crippen LogP contribution in [0.15, 0.2) is 42.5 Å². The Labute approximate surface area is 164 Å². The van der Waals surface area contributed by atoms with Crippen LogP contribution in [0.4, 0.5) is 10.1 Å². The highest BCUT2D eigenvalue weighted by atomic mass is 19.1. The van der Waals surface area contributed by atoms with Crippen molar-refractivity contribution in [2.24, 2.45) is 10.8 Å². The quantitative estimate of drug-likeness (QED) is 0.709. The van der Waals surface area contributed by atoms with Gasteiger partial charge in [-0.25, -0.2) is 4.39 Å². The highest BCUT2D eigenvalue weighted by molar-refractivity contribution is 5.96. The van der Waals surface area contributed by atoms with Gasteiger partial charge in [0.2, 0.25) is 5.91 Å². The Hall–Kier alpha value is -2.89. The predicted octanol–water partition coefficient (Wildman–Crippen LogP) is 5.26. The summed E-state index contributed by atoms with van der Waals surface area (Å²) in [5, 5.41) is 11.8. The lowest BCUT2D eigenvalue weighted by molar-refractivity contribution is -0.146. The first-order valence-electron chi connectivity index (χ1n) is 9.00. The van der Waals surface area contributed by atoms with E-state index in [4.69, 9.17) is 4.74 Å². The van der Waals surface area contributed by atoms with Gasteiger partial charge in [0.1, 0.15) is 11.4 Å². The maximum atomic E-state index is 14.3. The van der Waals surface area contributed by atoms with Gasteiger partial charge in [-0.1, -0.05) is 39.0 Å². The van der Waals surface area contributed by atoms with Crippen molar-refractivity contribution in [1.82, 2.24) is 0 Å². The van der Waals surface area contributed by atoms with Gasteiger partial charge in [-0.05, 0) is 50.1 Å². The lowest BCUT2D eigenvalue weighted by atomic mass is 9.86. The van der Waals surface area contributed by atoms with Crippen LogP contribution in [0.25, 0.3) is 0 Å². The Balaban J connectivity index is 2.21. The minimum atomic E-state index is -0.880. The van der Waals surface area contributed by atoms with Crippen LogP contribution in [0, 0.1) is 16.6 Å². The zero-order chi connectivity index (χ0) is 21.1. The summed E-state index contributed by atoms with van der Waals surface area (Å²) in [5.74, 6) is -1.14. The number of carbonyl (C=O) groups excluding carboxylic acids is 1. The van der Waals surface area contributed by atoms with Crippen LogP contribution in [-0.2, 0) is 16.0 Å². The summed E-state index contributed by atoms with van der Waals surface area (Å²) in [6.07, 6.45) is 0.371. The molecule has 0 aromatic heterocycles. The van der Waals surface area contributed by atoms with Crippen molar-refractivity contribution in [1.29, 1.82) is 0 Å². The van der Waals surface area contributed by atoms with E-state index in [9.17, 15) is 19.1 Å². The second-order valence-electron chi connectivity index (χ2n) is 8.43. The lowest BCUT2D eigenvalue weighted by Crippen LogP contribution is -2.28. The van der Waals surface area contributed by atoms with E-state index in [-0.39, 0.29) is 17.3 Å². The Morgan fingerprint density at radius 1 is 1.04 bits per heavy atom. The van der Waals surface area contributed by atoms with Crippen LogP contribution >= 0.6 is 0 Å². The lowest BCUT2D eigenvalue weighted by Gasteiger charge is -2.20. The molecule has 0 aliphatic heterocycles. The Bertz CT molecular complexity index is 867. The molecule has 0 unspecified atom stereocenters. The van der Waals surface area contributed by atoms with E-state index in [1.165, 1.54) is 12.1 Å². The number of carboxylic acid groups (broad SMARTS) is 1.